The SMILES string of the molecule is CS(=O)Cc1cc(Nc2cc(NC3CC3)n3ncc(C#N)c3n2)ccc1OCCNC(=O)OC(C)(C)C. The van der Waals surface area contributed by atoms with Crippen molar-refractivity contribution in [1.82, 2.24) is 19.9 Å². The van der Waals surface area contributed by atoms with Crippen molar-refractivity contribution < 1.29 is 18.5 Å². The van der Waals surface area contributed by atoms with E-state index < -0.39 is 22.5 Å². The van der Waals surface area contributed by atoms with Crippen molar-refractivity contribution in [2.75, 3.05) is 30.0 Å². The van der Waals surface area contributed by atoms with Crippen LogP contribution in [0.5, 0.6) is 5.75 Å². The van der Waals surface area contributed by atoms with E-state index in [2.05, 4.69) is 32.1 Å². The smallest absolute Gasteiger partial charge is 0.407 e. The number of fused-ring (bicyclic) bond motifs is 1. The van der Waals surface area contributed by atoms with Gasteiger partial charge in [-0.15, -0.1) is 0 Å². The van der Waals surface area contributed by atoms with E-state index in [0.29, 0.717) is 34.6 Å². The van der Waals surface area contributed by atoms with E-state index in [1.807, 2.05) is 18.2 Å². The third-order valence-corrected chi connectivity index (χ3v) is 5.96. The number of nitriles is 1. The second-order valence-corrected chi connectivity index (χ2v) is 11.2. The van der Waals surface area contributed by atoms with Crippen molar-refractivity contribution in [3.05, 3.63) is 41.6 Å². The number of amides is 1. The summed E-state index contributed by atoms with van der Waals surface area (Å²) in [4.78, 5) is 16.4. The summed E-state index contributed by atoms with van der Waals surface area (Å²) in [5.74, 6) is 2.18. The number of hydrogen-bond acceptors (Lipinski definition) is 9. The van der Waals surface area contributed by atoms with Crippen LogP contribution < -0.4 is 20.7 Å². The van der Waals surface area contributed by atoms with Crippen LogP contribution in [0.2, 0.25) is 0 Å². The maximum atomic E-state index is 12.0. The monoisotopic (exact) mass is 525 g/mol. The van der Waals surface area contributed by atoms with Crippen molar-refractivity contribution in [2.24, 2.45) is 0 Å². The maximum Gasteiger partial charge on any atom is 0.407 e. The number of rotatable bonds is 10. The van der Waals surface area contributed by atoms with Crippen molar-refractivity contribution in [3.8, 4) is 11.8 Å². The van der Waals surface area contributed by atoms with E-state index in [0.717, 1.165) is 29.9 Å². The molecule has 3 N–H and O–H groups in total. The average molecular weight is 526 g/mol. The highest BCUT2D eigenvalue weighted by molar-refractivity contribution is 7.83. The molecule has 1 amide bonds. The van der Waals surface area contributed by atoms with Gasteiger partial charge in [0, 0.05) is 40.4 Å². The van der Waals surface area contributed by atoms with Gasteiger partial charge in [0.05, 0.1) is 18.5 Å². The van der Waals surface area contributed by atoms with E-state index in [1.165, 1.54) is 6.20 Å². The Kier molecular flexibility index (Phi) is 7.83. The van der Waals surface area contributed by atoms with Crippen molar-refractivity contribution >= 4 is 39.9 Å². The van der Waals surface area contributed by atoms with Crippen molar-refractivity contribution in [2.45, 2.75) is 51.0 Å². The van der Waals surface area contributed by atoms with Crippen LogP contribution in [0.15, 0.2) is 30.5 Å². The number of carbonyl (C=O) groups excluding carboxylic acids is 1. The molecule has 3 aromatic rings. The lowest BCUT2D eigenvalue weighted by Gasteiger charge is -2.20. The van der Waals surface area contributed by atoms with Gasteiger partial charge in [0.2, 0.25) is 0 Å². The van der Waals surface area contributed by atoms with Crippen molar-refractivity contribution in [3.63, 3.8) is 0 Å². The van der Waals surface area contributed by atoms with Gasteiger partial charge >= 0.3 is 6.09 Å². The number of nitrogens with zero attached hydrogens (tertiary/aromatic N) is 4. The summed E-state index contributed by atoms with van der Waals surface area (Å²) in [7, 11) is -1.10. The normalized spacial score (nSPS) is 14.0. The molecule has 1 aliphatic rings. The molecule has 12 heteroatoms. The van der Waals surface area contributed by atoms with E-state index in [9.17, 15) is 14.3 Å². The number of aromatic nitrogens is 3. The first kappa shape index (κ1) is 26.2. The Morgan fingerprint density at radius 3 is 2.76 bits per heavy atom. The Balaban J connectivity index is 1.49. The molecule has 4 rings (SSSR count). The lowest BCUT2D eigenvalue weighted by Crippen LogP contribution is -2.34. The predicted octanol–water partition coefficient (Wildman–Crippen LogP) is 3.70. The molecule has 0 saturated heterocycles. The van der Waals surface area contributed by atoms with E-state index in [4.69, 9.17) is 9.47 Å². The predicted molar refractivity (Wildman–Crippen MR) is 142 cm³/mol. The van der Waals surface area contributed by atoms with Crippen LogP contribution in [-0.2, 0) is 21.3 Å². The number of benzene rings is 1. The molecule has 0 spiro atoms. The van der Waals surface area contributed by atoms with Crippen LogP contribution >= 0.6 is 0 Å². The van der Waals surface area contributed by atoms with Crippen LogP contribution in [0.3, 0.4) is 0 Å². The second-order valence-electron chi connectivity index (χ2n) is 9.79. The summed E-state index contributed by atoms with van der Waals surface area (Å²) in [6.07, 6.45) is 4.80. The number of hydrogen-bond donors (Lipinski definition) is 3. The van der Waals surface area contributed by atoms with Crippen LogP contribution in [0.4, 0.5) is 22.1 Å². The molecule has 11 nitrogen and oxygen atoms in total. The van der Waals surface area contributed by atoms with E-state index in [1.54, 1.807) is 37.6 Å². The third-order valence-electron chi connectivity index (χ3n) is 5.24. The molecule has 0 aliphatic heterocycles. The number of ether oxygens (including phenoxy) is 2. The minimum absolute atomic E-state index is 0.224. The molecule has 2 aromatic heterocycles. The fourth-order valence-electron chi connectivity index (χ4n) is 3.55. The molecule has 1 atom stereocenters. The minimum Gasteiger partial charge on any atom is -0.491 e. The Labute approximate surface area is 218 Å². The second kappa shape index (κ2) is 11.0. The first-order chi connectivity index (χ1) is 17.6. The molecular formula is C25H31N7O4S. The van der Waals surface area contributed by atoms with Gasteiger partial charge < -0.3 is 25.4 Å². The molecule has 1 fully saturated rings. The highest BCUT2D eigenvalue weighted by atomic mass is 32.2. The van der Waals surface area contributed by atoms with Gasteiger partial charge in [-0.2, -0.15) is 14.9 Å². The lowest BCUT2D eigenvalue weighted by molar-refractivity contribution is 0.0520. The summed E-state index contributed by atoms with van der Waals surface area (Å²) < 4.78 is 24.7. The Morgan fingerprint density at radius 1 is 1.30 bits per heavy atom. The Bertz CT molecular complexity index is 1360. The highest BCUT2D eigenvalue weighted by Crippen LogP contribution is 2.29. The maximum absolute atomic E-state index is 12.0. The number of carbonyl (C=O) groups is 1. The first-order valence-electron chi connectivity index (χ1n) is 12.0. The summed E-state index contributed by atoms with van der Waals surface area (Å²) >= 11 is 0. The summed E-state index contributed by atoms with van der Waals surface area (Å²) in [6, 6.07) is 9.86. The van der Waals surface area contributed by atoms with Gasteiger partial charge in [0.1, 0.15) is 41.2 Å². The zero-order valence-electron chi connectivity index (χ0n) is 21.3. The van der Waals surface area contributed by atoms with Gasteiger partial charge in [0.25, 0.3) is 0 Å². The summed E-state index contributed by atoms with van der Waals surface area (Å²) in [5.41, 5.74) is 1.75. The van der Waals surface area contributed by atoms with Crippen LogP contribution in [-0.4, -0.2) is 56.0 Å². The molecular weight excluding hydrogens is 494 g/mol. The average Bonchev–Trinajstić information content (AvgIpc) is 3.52. The molecule has 0 bridgehead atoms. The van der Waals surface area contributed by atoms with Gasteiger partial charge in [-0.3, -0.25) is 4.21 Å². The topological polar surface area (TPSA) is 143 Å². The molecule has 2 heterocycles. The molecule has 196 valence electrons. The van der Waals surface area contributed by atoms with Gasteiger partial charge in [-0.05, 0) is 51.8 Å². The van der Waals surface area contributed by atoms with Crippen LogP contribution in [0.25, 0.3) is 5.65 Å². The number of alkyl carbamates (subject to hydrolysis) is 1. The molecule has 1 aromatic carbocycles. The summed E-state index contributed by atoms with van der Waals surface area (Å²) in [5, 5.41) is 23.1. The largest absolute Gasteiger partial charge is 0.491 e. The summed E-state index contributed by atoms with van der Waals surface area (Å²) in [6.45, 7) is 5.88. The molecule has 0 radical (unpaired) electrons. The highest BCUT2D eigenvalue weighted by Gasteiger charge is 2.23. The minimum atomic E-state index is -1.10. The number of nitrogens with one attached hydrogen (secondary N) is 3. The Morgan fingerprint density at radius 2 is 2.08 bits per heavy atom. The van der Waals surface area contributed by atoms with Crippen LogP contribution in [0, 0.1) is 11.3 Å². The fourth-order valence-corrected chi connectivity index (χ4v) is 4.21. The zero-order chi connectivity index (χ0) is 26.6. The molecule has 1 unspecified atom stereocenters. The first-order valence-corrected chi connectivity index (χ1v) is 13.7. The molecule has 37 heavy (non-hydrogen) atoms. The standard InChI is InChI=1S/C25H31N7O4S/c1-25(2,3)36-24(33)27-9-10-35-20-8-7-19(11-16(20)15-37(4)34)29-21-12-22(30-18-5-6-18)32-23(31-21)17(13-26)14-28-32/h7-8,11-12,14,18,30H,5-6,9-10,15H2,1-4H3,(H,27,33)(H,29,31). The van der Waals surface area contributed by atoms with E-state index >= 15 is 0 Å². The fraction of sp³-hybridized carbons (Fsp3) is 0.440. The van der Waals surface area contributed by atoms with Gasteiger partial charge in [-0.1, -0.05) is 0 Å². The lowest BCUT2D eigenvalue weighted by atomic mass is 10.2. The third kappa shape index (κ3) is 7.33. The zero-order valence-corrected chi connectivity index (χ0v) is 22.1. The molecule has 1 saturated carbocycles. The molecule has 1 aliphatic carbocycles. The quantitative estimate of drug-likeness (QED) is 0.338. The van der Waals surface area contributed by atoms with Crippen molar-refractivity contribution in [1.29, 1.82) is 5.26 Å². The van der Waals surface area contributed by atoms with E-state index in [-0.39, 0.29) is 13.2 Å². The van der Waals surface area contributed by atoms with Gasteiger partial charge in [-0.25, -0.2) is 9.78 Å². The number of anilines is 3. The van der Waals surface area contributed by atoms with Crippen LogP contribution in [0.1, 0.15) is 44.7 Å². The Hall–Kier alpha value is -3.85. The van der Waals surface area contributed by atoms with Gasteiger partial charge in [0.15, 0.2) is 5.65 Å².